The van der Waals surface area contributed by atoms with Gasteiger partial charge in [0.05, 0.1) is 27.8 Å². The summed E-state index contributed by atoms with van der Waals surface area (Å²) in [6.45, 7) is 0. The van der Waals surface area contributed by atoms with Gasteiger partial charge in [0.1, 0.15) is 0 Å². The van der Waals surface area contributed by atoms with Crippen LogP contribution in [0.1, 0.15) is 82.9 Å². The number of H-pyrrole nitrogens is 1. The summed E-state index contributed by atoms with van der Waals surface area (Å²) in [5.41, 5.74) is 1.31. The molecule has 0 saturated heterocycles. The molecule has 2 aliphatic rings. The zero-order chi connectivity index (χ0) is 22.3. The summed E-state index contributed by atoms with van der Waals surface area (Å²) in [6, 6.07) is 3.36. The van der Waals surface area contributed by atoms with Crippen LogP contribution in [0, 0.1) is 5.92 Å². The smallest absolute Gasteiger partial charge is 0.417 e. The summed E-state index contributed by atoms with van der Waals surface area (Å²) in [4.78, 5) is 28.0. The number of hydrogen-bond acceptors (Lipinski definition) is 2. The van der Waals surface area contributed by atoms with E-state index in [1.54, 1.807) is 0 Å². The Morgan fingerprint density at radius 2 is 1.74 bits per heavy atom. The maximum Gasteiger partial charge on any atom is 0.417 e. The Morgan fingerprint density at radius 1 is 1.06 bits per heavy atom. The number of aromatic nitrogens is 1. The van der Waals surface area contributed by atoms with Crippen molar-refractivity contribution < 1.29 is 27.9 Å². The van der Waals surface area contributed by atoms with Crippen LogP contribution in [0.2, 0.25) is 5.02 Å². The monoisotopic (exact) mass is 453 g/mol. The Morgan fingerprint density at radius 3 is 2.39 bits per heavy atom. The van der Waals surface area contributed by atoms with E-state index in [0.29, 0.717) is 25.7 Å². The molecule has 1 aromatic carbocycles. The molecular weight excluding hydrogens is 431 g/mol. The van der Waals surface area contributed by atoms with Gasteiger partial charge in [-0.15, -0.1) is 0 Å². The molecule has 0 amide bonds. The summed E-state index contributed by atoms with van der Waals surface area (Å²) < 4.78 is 40.9. The molecule has 2 aliphatic carbocycles. The predicted molar refractivity (Wildman–Crippen MR) is 110 cm³/mol. The van der Waals surface area contributed by atoms with Crippen molar-refractivity contribution in [1.29, 1.82) is 0 Å². The quantitative estimate of drug-likeness (QED) is 0.545. The van der Waals surface area contributed by atoms with Crippen molar-refractivity contribution in [2.24, 2.45) is 5.92 Å². The number of aliphatic carboxylic acids is 1. The molecule has 0 radical (unpaired) electrons. The Labute approximate surface area is 182 Å². The summed E-state index contributed by atoms with van der Waals surface area (Å²) in [5, 5.41) is 9.07. The van der Waals surface area contributed by atoms with E-state index in [2.05, 4.69) is 4.98 Å². The topological polar surface area (TPSA) is 70.2 Å². The number of carboxylic acids is 1. The molecule has 0 unspecified atom stereocenters. The molecule has 4 nitrogen and oxygen atoms in total. The third-order valence-electron chi connectivity index (χ3n) is 6.60. The van der Waals surface area contributed by atoms with Gasteiger partial charge in [-0.05, 0) is 80.5 Å². The number of carbonyl (C=O) groups is 2. The van der Waals surface area contributed by atoms with Crippen molar-refractivity contribution >= 4 is 23.4 Å². The van der Waals surface area contributed by atoms with Crippen LogP contribution in [0.15, 0.2) is 18.2 Å². The van der Waals surface area contributed by atoms with Crippen LogP contribution < -0.4 is 0 Å². The van der Waals surface area contributed by atoms with Crippen molar-refractivity contribution in [2.45, 2.75) is 63.5 Å². The summed E-state index contributed by atoms with van der Waals surface area (Å²) in [5.74, 6) is -2.03. The van der Waals surface area contributed by atoms with E-state index in [-0.39, 0.29) is 16.6 Å². The van der Waals surface area contributed by atoms with E-state index in [0.717, 1.165) is 48.6 Å². The van der Waals surface area contributed by atoms with Crippen LogP contribution in [-0.4, -0.2) is 21.8 Å². The molecule has 1 aromatic heterocycles. The lowest BCUT2D eigenvalue weighted by atomic mass is 9.75. The first-order valence-electron chi connectivity index (χ1n) is 10.5. The number of aryl methyl sites for hydroxylation is 1. The lowest BCUT2D eigenvalue weighted by Crippen LogP contribution is -2.22. The van der Waals surface area contributed by atoms with Gasteiger partial charge in [-0.1, -0.05) is 17.7 Å². The van der Waals surface area contributed by atoms with E-state index in [9.17, 15) is 27.9 Å². The predicted octanol–water partition coefficient (Wildman–Crippen LogP) is 6.16. The molecule has 166 valence electrons. The standard InChI is InChI=1S/C23H23ClF3NO3/c24-16-6-3-5-15(23(25,26)27)19(16)21(29)20-18(14-4-1-2-7-17(14)28-20)12-8-10-13(11-9-12)22(30)31/h3,5-6,12-13,28H,1-2,4,7-11H2,(H,30,31). The number of aromatic amines is 1. The number of nitrogens with one attached hydrogen (secondary N) is 1. The fraction of sp³-hybridized carbons (Fsp3) is 0.478. The van der Waals surface area contributed by atoms with Gasteiger partial charge in [0.25, 0.3) is 0 Å². The number of hydrogen-bond donors (Lipinski definition) is 2. The highest BCUT2D eigenvalue weighted by atomic mass is 35.5. The SMILES string of the molecule is O=C(c1[nH]c2c(c1C1CCC(C(=O)O)CC1)CCCC2)c1c(Cl)cccc1C(F)(F)F. The molecular formula is C23H23ClF3NO3. The zero-order valence-electron chi connectivity index (χ0n) is 16.8. The van der Waals surface area contributed by atoms with Crippen LogP contribution in [0.4, 0.5) is 13.2 Å². The number of ketones is 1. The van der Waals surface area contributed by atoms with Crippen LogP contribution in [0.3, 0.4) is 0 Å². The normalized spacial score (nSPS) is 21.5. The van der Waals surface area contributed by atoms with Gasteiger partial charge in [0.2, 0.25) is 5.78 Å². The Balaban J connectivity index is 1.79. The number of carbonyl (C=O) groups excluding carboxylic acids is 1. The molecule has 1 fully saturated rings. The molecule has 4 rings (SSSR count). The fourth-order valence-electron chi connectivity index (χ4n) is 5.08. The second kappa shape index (κ2) is 8.34. The molecule has 1 heterocycles. The largest absolute Gasteiger partial charge is 0.481 e. The minimum absolute atomic E-state index is 0.0514. The molecule has 8 heteroatoms. The lowest BCUT2D eigenvalue weighted by Gasteiger charge is -2.28. The molecule has 31 heavy (non-hydrogen) atoms. The molecule has 2 N–H and O–H groups in total. The maximum absolute atomic E-state index is 13.6. The van der Waals surface area contributed by atoms with E-state index in [1.807, 2.05) is 0 Å². The zero-order valence-corrected chi connectivity index (χ0v) is 17.6. The number of halogens is 4. The molecule has 0 spiro atoms. The molecule has 1 saturated carbocycles. The van der Waals surface area contributed by atoms with Crippen molar-refractivity contribution in [3.63, 3.8) is 0 Å². The minimum atomic E-state index is -4.71. The first kappa shape index (κ1) is 21.9. The van der Waals surface area contributed by atoms with Gasteiger partial charge in [0.15, 0.2) is 0 Å². The average molecular weight is 454 g/mol. The van der Waals surface area contributed by atoms with E-state index in [4.69, 9.17) is 11.6 Å². The number of fused-ring (bicyclic) bond motifs is 1. The molecule has 0 aliphatic heterocycles. The molecule has 2 aromatic rings. The first-order chi connectivity index (χ1) is 14.7. The van der Waals surface area contributed by atoms with Crippen LogP contribution in [0.5, 0.6) is 0 Å². The number of carboxylic acid groups (broad SMARTS) is 1. The Kier molecular flexibility index (Phi) is 5.90. The summed E-state index contributed by atoms with van der Waals surface area (Å²) in [7, 11) is 0. The summed E-state index contributed by atoms with van der Waals surface area (Å²) in [6.07, 6.45) is 0.883. The fourth-order valence-corrected chi connectivity index (χ4v) is 5.34. The molecule has 0 bridgehead atoms. The number of alkyl halides is 3. The summed E-state index contributed by atoms with van der Waals surface area (Å²) >= 11 is 6.10. The van der Waals surface area contributed by atoms with Crippen LogP contribution >= 0.6 is 11.6 Å². The number of rotatable bonds is 4. The third-order valence-corrected chi connectivity index (χ3v) is 6.91. The Hall–Kier alpha value is -2.28. The highest BCUT2D eigenvalue weighted by Gasteiger charge is 2.39. The van der Waals surface area contributed by atoms with Gasteiger partial charge >= 0.3 is 12.1 Å². The van der Waals surface area contributed by atoms with Crippen molar-refractivity contribution in [3.8, 4) is 0 Å². The van der Waals surface area contributed by atoms with E-state index < -0.39 is 35.0 Å². The number of benzene rings is 1. The minimum Gasteiger partial charge on any atom is -0.481 e. The second-order valence-corrected chi connectivity index (χ2v) is 8.86. The second-order valence-electron chi connectivity index (χ2n) is 8.45. The van der Waals surface area contributed by atoms with Crippen molar-refractivity contribution in [3.05, 3.63) is 56.9 Å². The highest BCUT2D eigenvalue weighted by molar-refractivity contribution is 6.35. The third kappa shape index (κ3) is 4.12. The van der Waals surface area contributed by atoms with Crippen LogP contribution in [0.25, 0.3) is 0 Å². The Bertz CT molecular complexity index is 1020. The van der Waals surface area contributed by atoms with Crippen molar-refractivity contribution in [1.82, 2.24) is 4.98 Å². The van der Waals surface area contributed by atoms with E-state index >= 15 is 0 Å². The van der Waals surface area contributed by atoms with Crippen LogP contribution in [-0.2, 0) is 23.8 Å². The van der Waals surface area contributed by atoms with Gasteiger partial charge in [0, 0.05) is 5.69 Å². The first-order valence-corrected chi connectivity index (χ1v) is 10.9. The van der Waals surface area contributed by atoms with Gasteiger partial charge < -0.3 is 10.1 Å². The van der Waals surface area contributed by atoms with Gasteiger partial charge in [-0.3, -0.25) is 9.59 Å². The van der Waals surface area contributed by atoms with Crippen molar-refractivity contribution in [2.75, 3.05) is 0 Å². The van der Waals surface area contributed by atoms with Gasteiger partial charge in [-0.2, -0.15) is 13.2 Å². The van der Waals surface area contributed by atoms with Gasteiger partial charge in [-0.25, -0.2) is 0 Å². The highest BCUT2D eigenvalue weighted by Crippen LogP contribution is 2.43. The maximum atomic E-state index is 13.6. The average Bonchev–Trinajstić information content (AvgIpc) is 3.12. The lowest BCUT2D eigenvalue weighted by molar-refractivity contribution is -0.143. The van der Waals surface area contributed by atoms with E-state index in [1.165, 1.54) is 12.1 Å². The molecule has 0 atom stereocenters.